The van der Waals surface area contributed by atoms with Gasteiger partial charge in [-0.2, -0.15) is 5.26 Å². The van der Waals surface area contributed by atoms with Gasteiger partial charge in [-0.25, -0.2) is 4.79 Å². The van der Waals surface area contributed by atoms with Gasteiger partial charge in [-0.1, -0.05) is 30.3 Å². The van der Waals surface area contributed by atoms with Gasteiger partial charge >= 0.3 is 5.97 Å². The number of methoxy groups -OCH3 is 1. The fraction of sp³-hybridized carbons (Fsp3) is 0.476. The molecule has 0 unspecified atom stereocenters. The number of nitrogens with zero attached hydrogens (tertiary/aromatic N) is 1. The summed E-state index contributed by atoms with van der Waals surface area (Å²) in [7, 11) is 1.22. The number of hydrogen-bond acceptors (Lipinski definition) is 6. The zero-order valence-corrected chi connectivity index (χ0v) is 16.8. The van der Waals surface area contributed by atoms with Crippen LogP contribution >= 0.6 is 0 Å². The van der Waals surface area contributed by atoms with Gasteiger partial charge in [0.15, 0.2) is 0 Å². The molecule has 3 atom stereocenters. The van der Waals surface area contributed by atoms with Crippen molar-refractivity contribution in [2.45, 2.75) is 56.7 Å². The lowest BCUT2D eigenvalue weighted by Gasteiger charge is -2.29. The molecule has 0 aliphatic carbocycles. The topological polar surface area (TPSA) is 137 Å². The van der Waals surface area contributed by atoms with Crippen molar-refractivity contribution in [2.75, 3.05) is 7.11 Å². The van der Waals surface area contributed by atoms with Gasteiger partial charge in [-0.3, -0.25) is 14.4 Å². The summed E-state index contributed by atoms with van der Waals surface area (Å²) in [4.78, 5) is 49.0. The van der Waals surface area contributed by atoms with Gasteiger partial charge in [-0.15, -0.1) is 0 Å². The van der Waals surface area contributed by atoms with Crippen molar-refractivity contribution in [1.82, 2.24) is 16.0 Å². The Balaban J connectivity index is 1.88. The van der Waals surface area contributed by atoms with Gasteiger partial charge in [0, 0.05) is 12.8 Å². The molecule has 0 radical (unpaired) electrons. The summed E-state index contributed by atoms with van der Waals surface area (Å²) in [6, 6.07) is 8.73. The van der Waals surface area contributed by atoms with E-state index in [1.165, 1.54) is 7.11 Å². The number of nitrogens with one attached hydrogen (secondary N) is 3. The minimum atomic E-state index is -1.01. The van der Waals surface area contributed by atoms with E-state index in [4.69, 9.17) is 10.00 Å². The smallest absolute Gasteiger partial charge is 0.328 e. The van der Waals surface area contributed by atoms with Crippen molar-refractivity contribution in [3.63, 3.8) is 0 Å². The van der Waals surface area contributed by atoms with Crippen LogP contribution in [0.2, 0.25) is 0 Å². The zero-order chi connectivity index (χ0) is 21.9. The van der Waals surface area contributed by atoms with Crippen LogP contribution in [0.25, 0.3) is 0 Å². The summed E-state index contributed by atoms with van der Waals surface area (Å²) in [5, 5.41) is 16.4. The Bertz CT molecular complexity index is 805. The SMILES string of the molecule is COC(=O)[C@H](CCCCC#N)NC(=O)C[C@@H]1NC(=O)[C@H](Cc2ccccc2)NC1=O. The first-order chi connectivity index (χ1) is 14.4. The van der Waals surface area contributed by atoms with E-state index in [-0.39, 0.29) is 12.3 Å². The Kier molecular flexibility index (Phi) is 8.81. The maximum absolute atomic E-state index is 12.4. The maximum atomic E-state index is 12.4. The molecule has 9 nitrogen and oxygen atoms in total. The Morgan fingerprint density at radius 2 is 1.80 bits per heavy atom. The summed E-state index contributed by atoms with van der Waals surface area (Å²) in [5.74, 6) is -1.96. The molecule has 1 aliphatic rings. The van der Waals surface area contributed by atoms with Crippen LogP contribution in [0.15, 0.2) is 30.3 Å². The second-order valence-corrected chi connectivity index (χ2v) is 7.06. The van der Waals surface area contributed by atoms with Crippen LogP contribution < -0.4 is 16.0 Å². The lowest BCUT2D eigenvalue weighted by Crippen LogP contribution is -2.63. The summed E-state index contributed by atoms with van der Waals surface area (Å²) in [5.41, 5.74) is 0.909. The Morgan fingerprint density at radius 1 is 1.13 bits per heavy atom. The van der Waals surface area contributed by atoms with E-state index in [0.29, 0.717) is 32.1 Å². The monoisotopic (exact) mass is 414 g/mol. The number of nitriles is 1. The van der Waals surface area contributed by atoms with E-state index in [1.807, 2.05) is 36.4 Å². The third kappa shape index (κ3) is 6.88. The normalized spacial score (nSPS) is 19.1. The number of amides is 3. The van der Waals surface area contributed by atoms with E-state index in [0.717, 1.165) is 5.56 Å². The molecule has 0 saturated carbocycles. The number of esters is 1. The Hall–Kier alpha value is -3.41. The highest BCUT2D eigenvalue weighted by Crippen LogP contribution is 2.10. The first-order valence-corrected chi connectivity index (χ1v) is 9.83. The second kappa shape index (κ2) is 11.6. The molecule has 30 heavy (non-hydrogen) atoms. The summed E-state index contributed by atoms with van der Waals surface area (Å²) >= 11 is 0. The fourth-order valence-corrected chi connectivity index (χ4v) is 3.20. The number of unbranched alkanes of at least 4 members (excludes halogenated alkanes) is 2. The van der Waals surface area contributed by atoms with E-state index in [1.54, 1.807) is 0 Å². The van der Waals surface area contributed by atoms with Crippen molar-refractivity contribution >= 4 is 23.7 Å². The van der Waals surface area contributed by atoms with Crippen LogP contribution in [-0.2, 0) is 30.3 Å². The van der Waals surface area contributed by atoms with Crippen molar-refractivity contribution in [1.29, 1.82) is 5.26 Å². The van der Waals surface area contributed by atoms with Crippen LogP contribution in [0.4, 0.5) is 0 Å². The van der Waals surface area contributed by atoms with Gasteiger partial charge < -0.3 is 20.7 Å². The number of carbonyl (C=O) groups is 4. The molecular formula is C21H26N4O5. The van der Waals surface area contributed by atoms with Gasteiger partial charge in [0.1, 0.15) is 18.1 Å². The first-order valence-electron chi connectivity index (χ1n) is 9.83. The van der Waals surface area contributed by atoms with Crippen LogP contribution in [0, 0.1) is 11.3 Å². The average molecular weight is 414 g/mol. The highest BCUT2D eigenvalue weighted by Gasteiger charge is 2.35. The molecule has 0 bridgehead atoms. The average Bonchev–Trinajstić information content (AvgIpc) is 2.74. The molecule has 3 N–H and O–H groups in total. The van der Waals surface area contributed by atoms with Crippen molar-refractivity contribution in [3.8, 4) is 6.07 Å². The molecule has 9 heteroatoms. The predicted octanol–water partition coefficient (Wildman–Crippen LogP) is 0.344. The predicted molar refractivity (Wildman–Crippen MR) is 107 cm³/mol. The van der Waals surface area contributed by atoms with E-state index in [2.05, 4.69) is 16.0 Å². The molecule has 1 saturated heterocycles. The fourth-order valence-electron chi connectivity index (χ4n) is 3.20. The number of rotatable bonds is 10. The third-order valence-electron chi connectivity index (χ3n) is 4.79. The third-order valence-corrected chi connectivity index (χ3v) is 4.79. The van der Waals surface area contributed by atoms with Gasteiger partial charge in [0.05, 0.1) is 19.6 Å². The maximum Gasteiger partial charge on any atom is 0.328 e. The van der Waals surface area contributed by atoms with E-state index < -0.39 is 35.9 Å². The standard InChI is InChI=1S/C21H26N4O5/c1-30-21(29)15(10-6-3-7-11-22)23-18(26)13-17-20(28)24-16(19(27)25-17)12-14-8-4-2-5-9-14/h2,4-5,8-9,15-17H,3,6-7,10,12-13H2,1H3,(H,23,26)(H,24,28)(H,25,27)/t15-,16-,17-/m0/s1. The quantitative estimate of drug-likeness (QED) is 0.373. The highest BCUT2D eigenvalue weighted by atomic mass is 16.5. The molecule has 1 aromatic rings. The number of hydrogen-bond donors (Lipinski definition) is 3. The minimum absolute atomic E-state index is 0.290. The van der Waals surface area contributed by atoms with Crippen LogP contribution in [0.3, 0.4) is 0 Å². The number of carbonyl (C=O) groups excluding carboxylic acids is 4. The molecule has 1 aromatic carbocycles. The number of ether oxygens (including phenoxy) is 1. The Labute approximate surface area is 175 Å². The van der Waals surface area contributed by atoms with Crippen molar-refractivity contribution < 1.29 is 23.9 Å². The summed E-state index contributed by atoms with van der Waals surface area (Å²) < 4.78 is 4.70. The first kappa shape index (κ1) is 22.9. The molecule has 1 heterocycles. The van der Waals surface area contributed by atoms with Crippen LogP contribution in [-0.4, -0.2) is 48.9 Å². The molecule has 2 rings (SSSR count). The molecule has 1 fully saturated rings. The largest absolute Gasteiger partial charge is 0.467 e. The Morgan fingerprint density at radius 3 is 2.47 bits per heavy atom. The van der Waals surface area contributed by atoms with Crippen LogP contribution in [0.1, 0.15) is 37.7 Å². The molecule has 0 aromatic heterocycles. The van der Waals surface area contributed by atoms with Crippen LogP contribution in [0.5, 0.6) is 0 Å². The van der Waals surface area contributed by atoms with E-state index in [9.17, 15) is 19.2 Å². The van der Waals surface area contributed by atoms with E-state index >= 15 is 0 Å². The molecule has 3 amide bonds. The van der Waals surface area contributed by atoms with Crippen molar-refractivity contribution in [3.05, 3.63) is 35.9 Å². The summed E-state index contributed by atoms with van der Waals surface area (Å²) in [6.07, 6.45) is 1.91. The number of benzene rings is 1. The lowest BCUT2D eigenvalue weighted by molar-refractivity contribution is -0.145. The molecule has 1 aliphatic heterocycles. The highest BCUT2D eigenvalue weighted by molar-refractivity contribution is 5.99. The molecular weight excluding hydrogens is 388 g/mol. The molecule has 160 valence electrons. The molecule has 0 spiro atoms. The van der Waals surface area contributed by atoms with Crippen molar-refractivity contribution in [2.24, 2.45) is 0 Å². The zero-order valence-electron chi connectivity index (χ0n) is 16.8. The summed E-state index contributed by atoms with van der Waals surface area (Å²) in [6.45, 7) is 0. The van der Waals surface area contributed by atoms with Gasteiger partial charge in [0.25, 0.3) is 0 Å². The second-order valence-electron chi connectivity index (χ2n) is 7.06. The number of piperazine rings is 1. The van der Waals surface area contributed by atoms with Gasteiger partial charge in [0.2, 0.25) is 17.7 Å². The lowest BCUT2D eigenvalue weighted by atomic mass is 10.0. The minimum Gasteiger partial charge on any atom is -0.467 e. The van der Waals surface area contributed by atoms with Gasteiger partial charge in [-0.05, 0) is 24.8 Å².